The lowest BCUT2D eigenvalue weighted by atomic mass is 9.89. The number of fused-ring (bicyclic) bond motifs is 1. The summed E-state index contributed by atoms with van der Waals surface area (Å²) in [7, 11) is 1.88. The molecular weight excluding hydrogens is 339 g/mol. The second-order valence-corrected chi connectivity index (χ2v) is 7.78. The smallest absolute Gasteiger partial charge is 0.225 e. The highest BCUT2D eigenvalue weighted by molar-refractivity contribution is 7.99. The van der Waals surface area contributed by atoms with Crippen LogP contribution in [0.15, 0.2) is 35.5 Å². The number of rotatable bonds is 3. The highest BCUT2D eigenvalue weighted by Gasteiger charge is 2.36. The maximum atomic E-state index is 14.0. The molecule has 0 spiro atoms. The maximum absolute atomic E-state index is 14.0. The summed E-state index contributed by atoms with van der Waals surface area (Å²) in [6.45, 7) is 1.43. The zero-order valence-electron chi connectivity index (χ0n) is 14.0. The zero-order valence-corrected chi connectivity index (χ0v) is 14.9. The number of amides is 1. The minimum Gasteiger partial charge on any atom is -0.349 e. The van der Waals surface area contributed by atoms with E-state index in [1.54, 1.807) is 10.7 Å². The molecule has 1 saturated heterocycles. The van der Waals surface area contributed by atoms with Gasteiger partial charge in [0.25, 0.3) is 0 Å². The second-order valence-electron chi connectivity index (χ2n) is 6.68. The zero-order chi connectivity index (χ0) is 17.4. The van der Waals surface area contributed by atoms with Crippen molar-refractivity contribution in [2.24, 2.45) is 13.0 Å². The molecule has 2 aliphatic heterocycles. The summed E-state index contributed by atoms with van der Waals surface area (Å²) >= 11 is 1.53. The van der Waals surface area contributed by atoms with Crippen molar-refractivity contribution in [2.45, 2.75) is 23.3 Å². The molecule has 2 N–H and O–H groups in total. The first-order valence-corrected chi connectivity index (χ1v) is 9.53. The van der Waals surface area contributed by atoms with Crippen LogP contribution in [-0.2, 0) is 11.8 Å². The van der Waals surface area contributed by atoms with Crippen LogP contribution in [0.25, 0.3) is 0 Å². The quantitative estimate of drug-likeness (QED) is 0.881. The number of nitrogens with zero attached hydrogens (tertiary/aromatic N) is 2. The fourth-order valence-corrected chi connectivity index (χ4v) is 4.89. The lowest BCUT2D eigenvalue weighted by Gasteiger charge is -2.28. The molecule has 1 aromatic heterocycles. The number of thioether (sulfide) groups is 1. The van der Waals surface area contributed by atoms with E-state index in [1.165, 1.54) is 17.8 Å². The van der Waals surface area contributed by atoms with Gasteiger partial charge in [-0.2, -0.15) is 5.10 Å². The van der Waals surface area contributed by atoms with E-state index >= 15 is 0 Å². The highest BCUT2D eigenvalue weighted by atomic mass is 32.2. The summed E-state index contributed by atoms with van der Waals surface area (Å²) in [6, 6.07) is 5.00. The molecule has 1 amide bonds. The van der Waals surface area contributed by atoms with Gasteiger partial charge in [-0.05, 0) is 23.6 Å². The van der Waals surface area contributed by atoms with Gasteiger partial charge in [-0.3, -0.25) is 9.48 Å². The first-order chi connectivity index (χ1) is 12.1. The largest absolute Gasteiger partial charge is 0.349 e. The van der Waals surface area contributed by atoms with Crippen LogP contribution < -0.4 is 10.6 Å². The predicted octanol–water partition coefficient (Wildman–Crippen LogP) is 2.22. The molecule has 132 valence electrons. The van der Waals surface area contributed by atoms with Gasteiger partial charge >= 0.3 is 0 Å². The van der Waals surface area contributed by atoms with Crippen LogP contribution in [0, 0.1) is 11.7 Å². The number of nitrogens with one attached hydrogen (secondary N) is 2. The van der Waals surface area contributed by atoms with Gasteiger partial charge in [-0.25, -0.2) is 4.39 Å². The summed E-state index contributed by atoms with van der Waals surface area (Å²) in [5.41, 5.74) is 1.98. The van der Waals surface area contributed by atoms with Crippen molar-refractivity contribution in [3.63, 3.8) is 0 Å². The van der Waals surface area contributed by atoms with E-state index in [-0.39, 0.29) is 29.6 Å². The van der Waals surface area contributed by atoms with E-state index in [4.69, 9.17) is 0 Å². The standard InChI is InChI=1S/C18H21FN4OS/c1-23-10-11(7-21-23)13-8-20-9-14(13)18(24)22-16-5-6-25-17-12(16)3-2-4-15(17)19/h2-4,7,10,13-14,16,20H,5-6,8-9H2,1H3,(H,22,24)/t13-,14+,16?/m1/s1. The number of aryl methyl sites for hydroxylation is 1. The Morgan fingerprint density at radius 3 is 3.12 bits per heavy atom. The van der Waals surface area contributed by atoms with Gasteiger partial charge in [0.05, 0.1) is 18.2 Å². The van der Waals surface area contributed by atoms with Crippen LogP contribution in [0.2, 0.25) is 0 Å². The Bertz CT molecular complexity index is 793. The van der Waals surface area contributed by atoms with Crippen molar-refractivity contribution < 1.29 is 9.18 Å². The van der Waals surface area contributed by atoms with Crippen LogP contribution >= 0.6 is 11.8 Å². The molecule has 3 atom stereocenters. The minimum absolute atomic E-state index is 0.0333. The van der Waals surface area contributed by atoms with E-state index in [2.05, 4.69) is 15.7 Å². The lowest BCUT2D eigenvalue weighted by molar-refractivity contribution is -0.125. The molecule has 0 aliphatic carbocycles. The molecule has 1 fully saturated rings. The van der Waals surface area contributed by atoms with Crippen molar-refractivity contribution in [1.29, 1.82) is 0 Å². The molecule has 2 aromatic rings. The van der Waals surface area contributed by atoms with E-state index in [0.29, 0.717) is 11.4 Å². The Kier molecular flexibility index (Phi) is 4.52. The molecule has 0 radical (unpaired) electrons. The monoisotopic (exact) mass is 360 g/mol. The number of halogens is 1. The average molecular weight is 360 g/mol. The van der Waals surface area contributed by atoms with Gasteiger partial charge in [-0.1, -0.05) is 12.1 Å². The normalized spacial score (nSPS) is 25.6. The molecule has 3 heterocycles. The molecular formula is C18H21FN4OS. The molecule has 0 saturated carbocycles. The van der Waals surface area contributed by atoms with Crippen LogP contribution in [0.4, 0.5) is 4.39 Å². The number of hydrogen-bond donors (Lipinski definition) is 2. The summed E-state index contributed by atoms with van der Waals surface area (Å²) in [5.74, 6) is 0.644. The Labute approximate surface area is 150 Å². The molecule has 0 bridgehead atoms. The Hall–Kier alpha value is -1.86. The van der Waals surface area contributed by atoms with Crippen LogP contribution in [-0.4, -0.2) is 34.5 Å². The molecule has 7 heteroatoms. The summed E-state index contributed by atoms with van der Waals surface area (Å²) in [6.07, 6.45) is 4.63. The third-order valence-electron chi connectivity index (χ3n) is 5.05. The van der Waals surface area contributed by atoms with E-state index in [1.807, 2.05) is 25.5 Å². The summed E-state index contributed by atoms with van der Waals surface area (Å²) in [4.78, 5) is 13.6. The molecule has 4 rings (SSSR count). The summed E-state index contributed by atoms with van der Waals surface area (Å²) < 4.78 is 15.8. The second kappa shape index (κ2) is 6.80. The molecule has 2 aliphatic rings. The Morgan fingerprint density at radius 2 is 2.32 bits per heavy atom. The summed E-state index contributed by atoms with van der Waals surface area (Å²) in [5, 5.41) is 10.7. The van der Waals surface area contributed by atoms with E-state index in [0.717, 1.165) is 29.8 Å². The van der Waals surface area contributed by atoms with Crippen molar-refractivity contribution in [1.82, 2.24) is 20.4 Å². The number of hydrogen-bond acceptors (Lipinski definition) is 4. The predicted molar refractivity (Wildman–Crippen MR) is 94.9 cm³/mol. The molecule has 25 heavy (non-hydrogen) atoms. The molecule has 1 aromatic carbocycles. The fraction of sp³-hybridized carbons (Fsp3) is 0.444. The number of carbonyl (C=O) groups is 1. The van der Waals surface area contributed by atoms with Crippen molar-refractivity contribution in [2.75, 3.05) is 18.8 Å². The Balaban J connectivity index is 1.52. The van der Waals surface area contributed by atoms with Crippen molar-refractivity contribution in [3.8, 4) is 0 Å². The highest BCUT2D eigenvalue weighted by Crippen LogP contribution is 2.38. The van der Waals surface area contributed by atoms with Crippen LogP contribution in [0.5, 0.6) is 0 Å². The third-order valence-corrected chi connectivity index (χ3v) is 6.21. The number of benzene rings is 1. The molecule has 5 nitrogen and oxygen atoms in total. The van der Waals surface area contributed by atoms with Crippen molar-refractivity contribution in [3.05, 3.63) is 47.5 Å². The number of carbonyl (C=O) groups excluding carboxylic acids is 1. The Morgan fingerprint density at radius 1 is 1.44 bits per heavy atom. The van der Waals surface area contributed by atoms with Gasteiger partial charge in [0.1, 0.15) is 5.82 Å². The van der Waals surface area contributed by atoms with E-state index < -0.39 is 0 Å². The topological polar surface area (TPSA) is 59.0 Å². The minimum atomic E-state index is -0.197. The first kappa shape index (κ1) is 16.6. The third kappa shape index (κ3) is 3.18. The van der Waals surface area contributed by atoms with Gasteiger partial charge in [0, 0.05) is 42.9 Å². The SMILES string of the molecule is Cn1cc([C@H]2CNC[C@@H]2C(=O)NC2CCSc3c(F)cccc32)cn1. The van der Waals surface area contributed by atoms with Gasteiger partial charge < -0.3 is 10.6 Å². The number of aromatic nitrogens is 2. The molecule has 1 unspecified atom stereocenters. The van der Waals surface area contributed by atoms with Gasteiger partial charge in [-0.15, -0.1) is 11.8 Å². The van der Waals surface area contributed by atoms with Crippen LogP contribution in [0.1, 0.15) is 29.5 Å². The fourth-order valence-electron chi connectivity index (χ4n) is 3.75. The van der Waals surface area contributed by atoms with Gasteiger partial charge in [0.15, 0.2) is 0 Å². The van der Waals surface area contributed by atoms with E-state index in [9.17, 15) is 9.18 Å². The van der Waals surface area contributed by atoms with Gasteiger partial charge in [0.2, 0.25) is 5.91 Å². The first-order valence-electron chi connectivity index (χ1n) is 8.54. The van der Waals surface area contributed by atoms with Crippen LogP contribution in [0.3, 0.4) is 0 Å². The average Bonchev–Trinajstić information content (AvgIpc) is 3.24. The lowest BCUT2D eigenvalue weighted by Crippen LogP contribution is -2.38. The van der Waals surface area contributed by atoms with Crippen molar-refractivity contribution >= 4 is 17.7 Å². The maximum Gasteiger partial charge on any atom is 0.225 e.